The van der Waals surface area contributed by atoms with Gasteiger partial charge in [0.25, 0.3) is 6.26 Å². The molecule has 0 aliphatic carbocycles. The molecule has 0 saturated carbocycles. The monoisotopic (exact) mass is 347 g/mol. The highest BCUT2D eigenvalue weighted by atomic mass is 32.2. The fourth-order valence-electron chi connectivity index (χ4n) is 1.57. The van der Waals surface area contributed by atoms with E-state index in [0.29, 0.717) is 0 Å². The molecular formula is C12H8F3N3O2S2. The van der Waals surface area contributed by atoms with Crippen LogP contribution in [-0.2, 0) is 6.61 Å². The van der Waals surface area contributed by atoms with Gasteiger partial charge in [-0.2, -0.15) is 13.2 Å². The van der Waals surface area contributed by atoms with Crippen molar-refractivity contribution in [2.45, 2.75) is 17.0 Å². The van der Waals surface area contributed by atoms with Gasteiger partial charge in [-0.15, -0.1) is 10.4 Å². The van der Waals surface area contributed by atoms with Crippen molar-refractivity contribution in [1.82, 2.24) is 9.19 Å². The molecule has 0 atom stereocenters. The zero-order valence-electron chi connectivity index (χ0n) is 10.7. The average molecular weight is 347 g/mol. The molecule has 0 fully saturated rings. The Balaban J connectivity index is 2.26. The molecule has 1 heterocycles. The molecule has 5 nitrogen and oxygen atoms in total. The van der Waals surface area contributed by atoms with Crippen molar-refractivity contribution in [3.63, 3.8) is 0 Å². The van der Waals surface area contributed by atoms with Crippen molar-refractivity contribution in [2.75, 3.05) is 0 Å². The Labute approximate surface area is 133 Å². The molecule has 22 heavy (non-hydrogen) atoms. The Bertz CT molecular complexity index is 698. The Kier molecular flexibility index (Phi) is 5.10. The van der Waals surface area contributed by atoms with Crippen LogP contribution in [0.2, 0.25) is 0 Å². The normalized spacial score (nSPS) is 11.0. The van der Waals surface area contributed by atoms with Gasteiger partial charge in [0, 0.05) is 22.7 Å². The average Bonchev–Trinajstić information content (AvgIpc) is 2.82. The highest BCUT2D eigenvalue weighted by Crippen LogP contribution is 2.41. The number of thiol groups is 1. The van der Waals surface area contributed by atoms with Crippen molar-refractivity contribution >= 4 is 24.6 Å². The molecule has 0 saturated heterocycles. The van der Waals surface area contributed by atoms with Gasteiger partial charge >= 0.3 is 5.51 Å². The van der Waals surface area contributed by atoms with Crippen LogP contribution in [0, 0.1) is 11.5 Å². The maximum atomic E-state index is 12.6. The summed E-state index contributed by atoms with van der Waals surface area (Å²) in [4.78, 5) is -0.106. The number of hydrogen-bond donors (Lipinski definition) is 1. The fraction of sp³-hybridized carbons (Fsp3) is 0.167. The minimum absolute atomic E-state index is 0.00190. The molecule has 10 heteroatoms. The van der Waals surface area contributed by atoms with E-state index in [4.69, 9.17) is 10.00 Å². The van der Waals surface area contributed by atoms with E-state index in [1.54, 1.807) is 0 Å². The number of ether oxygens (including phenoxy) is 2. The zero-order chi connectivity index (χ0) is 16.2. The number of nitriles is 1. The summed E-state index contributed by atoms with van der Waals surface area (Å²) in [6, 6.07) is 5.53. The number of halogens is 3. The molecule has 0 N–H and O–H groups in total. The maximum Gasteiger partial charge on any atom is 0.446 e. The number of aromatic nitrogens is 2. The summed E-state index contributed by atoms with van der Waals surface area (Å²) in [5.74, 6) is 0.187. The molecule has 0 aliphatic heterocycles. The lowest BCUT2D eigenvalue weighted by molar-refractivity contribution is -0.0328. The van der Waals surface area contributed by atoms with E-state index in [9.17, 15) is 13.2 Å². The maximum absolute atomic E-state index is 12.6. The van der Waals surface area contributed by atoms with E-state index in [1.807, 2.05) is 0 Å². The fourth-order valence-corrected chi connectivity index (χ4v) is 2.41. The quantitative estimate of drug-likeness (QED) is 0.508. The summed E-state index contributed by atoms with van der Waals surface area (Å²) in [5, 5.41) is 12.4. The first-order valence-corrected chi connectivity index (χ1v) is 6.92. The molecule has 0 spiro atoms. The molecule has 0 aliphatic rings. The summed E-state index contributed by atoms with van der Waals surface area (Å²) in [5.41, 5.74) is -4.35. The second kappa shape index (κ2) is 6.85. The van der Waals surface area contributed by atoms with Crippen molar-refractivity contribution in [3.8, 4) is 17.9 Å². The first-order valence-electron chi connectivity index (χ1n) is 5.70. The van der Waals surface area contributed by atoms with E-state index in [-0.39, 0.29) is 40.5 Å². The minimum atomic E-state index is -4.47. The van der Waals surface area contributed by atoms with Gasteiger partial charge in [-0.25, -0.2) is 4.09 Å². The van der Waals surface area contributed by atoms with Crippen molar-refractivity contribution in [3.05, 3.63) is 36.0 Å². The van der Waals surface area contributed by atoms with E-state index < -0.39 is 5.51 Å². The SMILES string of the molecule is N#COc1cccc(SC(F)(F)F)c1COc1ccn(S)n1. The first-order chi connectivity index (χ1) is 10.4. The number of hydrogen-bond acceptors (Lipinski definition) is 6. The Morgan fingerprint density at radius 1 is 1.36 bits per heavy atom. The van der Waals surface area contributed by atoms with E-state index in [2.05, 4.69) is 22.7 Å². The largest absolute Gasteiger partial charge is 0.472 e. The molecular weight excluding hydrogens is 339 g/mol. The smallest absolute Gasteiger partial charge is 0.446 e. The summed E-state index contributed by atoms with van der Waals surface area (Å²) in [7, 11) is 0. The number of rotatable bonds is 5. The molecule has 116 valence electrons. The van der Waals surface area contributed by atoms with Crippen LogP contribution in [0.3, 0.4) is 0 Å². The second-order valence-electron chi connectivity index (χ2n) is 3.84. The number of alkyl halides is 3. The van der Waals surface area contributed by atoms with Gasteiger partial charge in [-0.05, 0) is 36.7 Å². The summed E-state index contributed by atoms with van der Waals surface area (Å²) in [6.07, 6.45) is 2.94. The number of nitrogens with zero attached hydrogens (tertiary/aromatic N) is 3. The topological polar surface area (TPSA) is 60.1 Å². The lowest BCUT2D eigenvalue weighted by Gasteiger charge is -2.13. The van der Waals surface area contributed by atoms with Crippen molar-refractivity contribution in [1.29, 1.82) is 5.26 Å². The first kappa shape index (κ1) is 16.4. The van der Waals surface area contributed by atoms with Crippen molar-refractivity contribution < 1.29 is 22.6 Å². The third-order valence-corrected chi connectivity index (χ3v) is 3.44. The van der Waals surface area contributed by atoms with Gasteiger partial charge in [0.05, 0.1) is 0 Å². The van der Waals surface area contributed by atoms with Crippen LogP contribution in [0.5, 0.6) is 11.6 Å². The van der Waals surface area contributed by atoms with Gasteiger partial charge in [0.1, 0.15) is 12.4 Å². The lowest BCUT2D eigenvalue weighted by atomic mass is 10.2. The molecule has 2 rings (SSSR count). The van der Waals surface area contributed by atoms with Crippen molar-refractivity contribution in [2.24, 2.45) is 0 Å². The predicted molar refractivity (Wildman–Crippen MR) is 75.5 cm³/mol. The summed E-state index contributed by atoms with van der Waals surface area (Å²) in [6.45, 7) is -0.235. The Morgan fingerprint density at radius 2 is 2.14 bits per heavy atom. The molecule has 1 aromatic carbocycles. The van der Waals surface area contributed by atoms with Gasteiger partial charge in [0.15, 0.2) is 0 Å². The van der Waals surface area contributed by atoms with Gasteiger partial charge in [-0.3, -0.25) is 0 Å². The zero-order valence-corrected chi connectivity index (χ0v) is 12.5. The van der Waals surface area contributed by atoms with Crippen LogP contribution < -0.4 is 9.47 Å². The highest BCUT2D eigenvalue weighted by Gasteiger charge is 2.31. The predicted octanol–water partition coefficient (Wildman–Crippen LogP) is 3.63. The molecule has 1 aromatic heterocycles. The summed E-state index contributed by atoms with van der Waals surface area (Å²) >= 11 is 3.62. The van der Waals surface area contributed by atoms with Crippen LogP contribution in [0.15, 0.2) is 35.4 Å². The third-order valence-electron chi connectivity index (χ3n) is 2.39. The van der Waals surface area contributed by atoms with Crippen LogP contribution in [0.4, 0.5) is 13.2 Å². The number of benzene rings is 1. The second-order valence-corrected chi connectivity index (χ2v) is 5.35. The molecule has 0 radical (unpaired) electrons. The van der Waals surface area contributed by atoms with Gasteiger partial charge in [-0.1, -0.05) is 6.07 Å². The Hall–Kier alpha value is -1.99. The van der Waals surface area contributed by atoms with Crippen LogP contribution in [-0.4, -0.2) is 14.7 Å². The molecule has 0 unspecified atom stereocenters. The third kappa shape index (κ3) is 4.51. The van der Waals surface area contributed by atoms with Gasteiger partial charge < -0.3 is 9.47 Å². The van der Waals surface area contributed by atoms with Crippen LogP contribution >= 0.6 is 24.6 Å². The van der Waals surface area contributed by atoms with Crippen LogP contribution in [0.1, 0.15) is 5.56 Å². The molecule has 0 bridgehead atoms. The molecule has 2 aromatic rings. The van der Waals surface area contributed by atoms with E-state index >= 15 is 0 Å². The van der Waals surface area contributed by atoms with Crippen LogP contribution in [0.25, 0.3) is 0 Å². The highest BCUT2D eigenvalue weighted by molar-refractivity contribution is 8.00. The molecule has 0 amide bonds. The standard InChI is InChI=1S/C12H8F3N3O2S2/c13-12(14,15)22-10-3-1-2-9(20-7-16)8(10)6-19-11-4-5-18(21)17-11/h1-5,21H,6H2. The summed E-state index contributed by atoms with van der Waals surface area (Å²) < 4.78 is 49.0. The van der Waals surface area contributed by atoms with E-state index in [0.717, 1.165) is 0 Å². The lowest BCUT2D eigenvalue weighted by Crippen LogP contribution is -2.05. The number of thioether (sulfide) groups is 1. The van der Waals surface area contributed by atoms with E-state index in [1.165, 1.54) is 40.8 Å². The van der Waals surface area contributed by atoms with Gasteiger partial charge in [0.2, 0.25) is 5.88 Å². The Morgan fingerprint density at radius 3 is 2.73 bits per heavy atom. The minimum Gasteiger partial charge on any atom is -0.472 e.